The number of imide groups is 1. The number of amides is 3. The third-order valence-electron chi connectivity index (χ3n) is 4.70. The van der Waals surface area contributed by atoms with Crippen LogP contribution in [-0.4, -0.2) is 41.7 Å². The number of hydrogen-bond acceptors (Lipinski definition) is 6. The van der Waals surface area contributed by atoms with E-state index >= 15 is 0 Å². The minimum atomic E-state index is -1.19. The van der Waals surface area contributed by atoms with Gasteiger partial charge in [-0.25, -0.2) is 9.59 Å². The predicted octanol–water partition coefficient (Wildman–Crippen LogP) is 2.39. The highest BCUT2D eigenvalue weighted by molar-refractivity contribution is 6.04. The number of ether oxygens (including phenoxy) is 2. The predicted molar refractivity (Wildman–Crippen MR) is 116 cm³/mol. The fraction of sp³-hybridized carbons (Fsp3) is 0.217. The van der Waals surface area contributed by atoms with Gasteiger partial charge in [-0.1, -0.05) is 48.5 Å². The summed E-state index contributed by atoms with van der Waals surface area (Å²) in [6, 6.07) is 15.5. The first-order valence-corrected chi connectivity index (χ1v) is 9.87. The lowest BCUT2D eigenvalue weighted by molar-refractivity contribution is -0.155. The number of rotatable bonds is 7. The summed E-state index contributed by atoms with van der Waals surface area (Å²) >= 11 is 0. The fourth-order valence-electron chi connectivity index (χ4n) is 3.11. The highest BCUT2D eigenvalue weighted by Gasteiger charge is 2.22. The lowest BCUT2D eigenvalue weighted by atomic mass is 10.2. The van der Waals surface area contributed by atoms with E-state index in [1.54, 1.807) is 28.8 Å². The summed E-state index contributed by atoms with van der Waals surface area (Å²) in [5.41, 5.74) is 1.83. The molecule has 0 aliphatic carbocycles. The number of nitrogens with zero attached hydrogens (tertiary/aromatic N) is 1. The second-order valence-electron chi connectivity index (χ2n) is 6.97. The maximum atomic E-state index is 12.4. The van der Waals surface area contributed by atoms with E-state index in [2.05, 4.69) is 10.6 Å². The van der Waals surface area contributed by atoms with E-state index in [1.807, 2.05) is 30.3 Å². The Morgan fingerprint density at radius 1 is 1.00 bits per heavy atom. The van der Waals surface area contributed by atoms with Gasteiger partial charge in [0.15, 0.2) is 6.10 Å². The molecule has 0 spiro atoms. The zero-order valence-electron chi connectivity index (χ0n) is 17.7. The summed E-state index contributed by atoms with van der Waals surface area (Å²) < 4.78 is 11.5. The molecule has 166 valence electrons. The van der Waals surface area contributed by atoms with Gasteiger partial charge in [0.2, 0.25) is 0 Å². The number of esters is 2. The number of fused-ring (bicyclic) bond motifs is 1. The molecule has 32 heavy (non-hydrogen) atoms. The van der Waals surface area contributed by atoms with Crippen molar-refractivity contribution in [3.63, 3.8) is 0 Å². The van der Waals surface area contributed by atoms with Crippen molar-refractivity contribution >= 4 is 34.8 Å². The minimum absolute atomic E-state index is 0.227. The number of aromatic nitrogens is 1. The van der Waals surface area contributed by atoms with Crippen molar-refractivity contribution in [3.8, 4) is 0 Å². The Labute approximate surface area is 184 Å². The van der Waals surface area contributed by atoms with Gasteiger partial charge in [0.05, 0.1) is 12.7 Å². The van der Waals surface area contributed by atoms with Gasteiger partial charge in [-0.3, -0.25) is 14.9 Å². The van der Waals surface area contributed by atoms with Crippen LogP contribution < -0.4 is 10.6 Å². The largest absolute Gasteiger partial charge is 0.465 e. The van der Waals surface area contributed by atoms with E-state index < -0.39 is 30.0 Å². The number of para-hydroxylation sites is 1. The molecule has 0 aliphatic heterocycles. The number of carbonyl (C=O) groups excluding carboxylic acids is 4. The fourth-order valence-corrected chi connectivity index (χ4v) is 3.11. The van der Waals surface area contributed by atoms with Crippen molar-refractivity contribution in [2.45, 2.75) is 26.1 Å². The van der Waals surface area contributed by atoms with Crippen molar-refractivity contribution in [3.05, 3.63) is 71.9 Å². The van der Waals surface area contributed by atoms with Crippen molar-refractivity contribution < 1.29 is 28.7 Å². The number of hydrogen-bond donors (Lipinski definition) is 2. The molecule has 1 unspecified atom stereocenters. The van der Waals surface area contributed by atoms with Crippen LogP contribution in [0, 0.1) is 0 Å². The quantitative estimate of drug-likeness (QED) is 0.549. The van der Waals surface area contributed by atoms with Crippen molar-refractivity contribution in [2.75, 3.05) is 7.11 Å². The molecule has 0 saturated carbocycles. The third kappa shape index (κ3) is 5.51. The molecule has 0 aliphatic rings. The van der Waals surface area contributed by atoms with E-state index in [-0.39, 0.29) is 13.1 Å². The van der Waals surface area contributed by atoms with Crippen molar-refractivity contribution in [1.82, 2.24) is 15.2 Å². The van der Waals surface area contributed by atoms with Crippen LogP contribution in [0.3, 0.4) is 0 Å². The molecule has 1 aromatic heterocycles. The van der Waals surface area contributed by atoms with Gasteiger partial charge in [-0.05, 0) is 18.6 Å². The lowest BCUT2D eigenvalue weighted by Crippen LogP contribution is -2.44. The van der Waals surface area contributed by atoms with E-state index in [4.69, 9.17) is 9.47 Å². The Morgan fingerprint density at radius 2 is 1.69 bits per heavy atom. The normalized spacial score (nSPS) is 11.4. The third-order valence-corrected chi connectivity index (χ3v) is 4.70. The van der Waals surface area contributed by atoms with Crippen LogP contribution in [0.1, 0.15) is 22.8 Å². The van der Waals surface area contributed by atoms with Crippen LogP contribution in [0.5, 0.6) is 0 Å². The smallest absolute Gasteiger partial charge is 0.340 e. The Morgan fingerprint density at radius 3 is 2.41 bits per heavy atom. The van der Waals surface area contributed by atoms with Crippen molar-refractivity contribution in [1.29, 1.82) is 0 Å². The first-order chi connectivity index (χ1) is 15.4. The molecule has 9 heteroatoms. The molecule has 9 nitrogen and oxygen atoms in total. The van der Waals surface area contributed by atoms with Crippen LogP contribution in [-0.2, 0) is 32.2 Å². The molecule has 3 rings (SSSR count). The summed E-state index contributed by atoms with van der Waals surface area (Å²) in [6.45, 7) is 1.39. The minimum Gasteiger partial charge on any atom is -0.465 e. The molecule has 3 aromatic rings. The van der Waals surface area contributed by atoms with Crippen LogP contribution in [0.2, 0.25) is 0 Å². The van der Waals surface area contributed by atoms with Gasteiger partial charge in [-0.15, -0.1) is 0 Å². The lowest BCUT2D eigenvalue weighted by Gasteiger charge is -2.14. The van der Waals surface area contributed by atoms with E-state index in [1.165, 1.54) is 20.2 Å². The molecule has 0 fully saturated rings. The number of urea groups is 1. The summed E-state index contributed by atoms with van der Waals surface area (Å²) in [5.74, 6) is -1.98. The van der Waals surface area contributed by atoms with Crippen LogP contribution in [0.4, 0.5) is 4.79 Å². The van der Waals surface area contributed by atoms with Crippen LogP contribution >= 0.6 is 0 Å². The number of nitrogens with one attached hydrogen (secondary N) is 2. The SMILES string of the molecule is COC(=O)c1cn(CC(=O)OC(C)C(=O)NC(=O)NCc2ccccc2)c2ccccc12. The Hall–Kier alpha value is -4.14. The van der Waals surface area contributed by atoms with Gasteiger partial charge >= 0.3 is 18.0 Å². The van der Waals surface area contributed by atoms with Gasteiger partial charge in [0, 0.05) is 23.6 Å². The summed E-state index contributed by atoms with van der Waals surface area (Å²) in [4.78, 5) is 48.5. The number of benzene rings is 2. The standard InChI is InChI=1S/C23H23N3O6/c1-15(21(28)25-23(30)24-12-16-8-4-3-5-9-16)32-20(27)14-26-13-18(22(29)31-2)17-10-6-7-11-19(17)26/h3-11,13,15H,12,14H2,1-2H3,(H2,24,25,28,30). The number of methoxy groups -OCH3 is 1. The number of carbonyl (C=O) groups is 4. The maximum Gasteiger partial charge on any atom is 0.340 e. The van der Waals surface area contributed by atoms with Gasteiger partial charge in [0.25, 0.3) is 5.91 Å². The molecule has 0 bridgehead atoms. The molecule has 0 radical (unpaired) electrons. The van der Waals surface area contributed by atoms with Gasteiger partial charge in [-0.2, -0.15) is 0 Å². The summed E-state index contributed by atoms with van der Waals surface area (Å²) in [6.07, 6.45) is 0.311. The molecule has 2 aromatic carbocycles. The average molecular weight is 437 g/mol. The second-order valence-corrected chi connectivity index (χ2v) is 6.97. The van der Waals surface area contributed by atoms with Crippen LogP contribution in [0.15, 0.2) is 60.8 Å². The molecule has 3 amide bonds. The zero-order valence-corrected chi connectivity index (χ0v) is 17.7. The summed E-state index contributed by atoms with van der Waals surface area (Å²) in [7, 11) is 1.28. The average Bonchev–Trinajstić information content (AvgIpc) is 3.16. The monoisotopic (exact) mass is 437 g/mol. The molecule has 1 atom stereocenters. The van der Waals surface area contributed by atoms with Crippen molar-refractivity contribution in [2.24, 2.45) is 0 Å². The maximum absolute atomic E-state index is 12.4. The summed E-state index contributed by atoms with van der Waals surface area (Å²) in [5, 5.41) is 5.33. The molecular formula is C23H23N3O6. The van der Waals surface area contributed by atoms with E-state index in [0.717, 1.165) is 5.56 Å². The van der Waals surface area contributed by atoms with E-state index in [9.17, 15) is 19.2 Å². The Balaban J connectivity index is 1.56. The van der Waals surface area contributed by atoms with Gasteiger partial charge < -0.3 is 19.4 Å². The molecule has 2 N–H and O–H groups in total. The Bertz CT molecular complexity index is 1140. The molecule has 1 heterocycles. The first-order valence-electron chi connectivity index (χ1n) is 9.87. The van der Waals surface area contributed by atoms with Gasteiger partial charge in [0.1, 0.15) is 6.54 Å². The highest BCUT2D eigenvalue weighted by Crippen LogP contribution is 2.22. The van der Waals surface area contributed by atoms with Crippen LogP contribution in [0.25, 0.3) is 10.9 Å². The molecule has 0 saturated heterocycles. The zero-order chi connectivity index (χ0) is 23.1. The second kappa shape index (κ2) is 10.3. The topological polar surface area (TPSA) is 116 Å². The molecular weight excluding hydrogens is 414 g/mol. The highest BCUT2D eigenvalue weighted by atomic mass is 16.5. The Kier molecular flexibility index (Phi) is 7.22. The van der Waals surface area contributed by atoms with E-state index in [0.29, 0.717) is 16.5 Å². The first kappa shape index (κ1) is 22.5.